The van der Waals surface area contributed by atoms with E-state index in [-0.39, 0.29) is 0 Å². The van der Waals surface area contributed by atoms with Gasteiger partial charge in [-0.15, -0.1) is 0 Å². The van der Waals surface area contributed by atoms with Gasteiger partial charge in [0, 0.05) is 23.8 Å². The summed E-state index contributed by atoms with van der Waals surface area (Å²) < 4.78 is 0. The molecule has 2 nitrogen and oxygen atoms in total. The van der Waals surface area contributed by atoms with Gasteiger partial charge in [-0.25, -0.2) is 0 Å². The van der Waals surface area contributed by atoms with Crippen LogP contribution in [0.15, 0.2) is 48.8 Å². The van der Waals surface area contributed by atoms with E-state index in [1.165, 1.54) is 0 Å². The van der Waals surface area contributed by atoms with E-state index < -0.39 is 0 Å². The van der Waals surface area contributed by atoms with Crippen LogP contribution in [-0.4, -0.2) is 9.97 Å². The Bertz CT molecular complexity index is 333. The van der Waals surface area contributed by atoms with Crippen LogP contribution in [0, 0.1) is 13.8 Å². The molecule has 17 heavy (non-hydrogen) atoms. The molecule has 0 spiro atoms. The van der Waals surface area contributed by atoms with Gasteiger partial charge in [-0.3, -0.25) is 9.97 Å². The summed E-state index contributed by atoms with van der Waals surface area (Å²) in [5.74, 6) is 0. The molecule has 0 atom stereocenters. The second-order valence-corrected chi connectivity index (χ2v) is 4.54. The molecule has 5 heteroatoms. The molecule has 0 aliphatic rings. The fourth-order valence-corrected chi connectivity index (χ4v) is 0.896. The Morgan fingerprint density at radius 1 is 0.824 bits per heavy atom. The second kappa shape index (κ2) is 11.9. The van der Waals surface area contributed by atoms with Gasteiger partial charge >= 0.3 is 33.3 Å². The third kappa shape index (κ3) is 11.7. The first-order valence-corrected chi connectivity index (χ1v) is 7.36. The molecule has 2 aromatic rings. The van der Waals surface area contributed by atoms with Gasteiger partial charge in [0.25, 0.3) is 0 Å². The van der Waals surface area contributed by atoms with Gasteiger partial charge in [-0.2, -0.15) is 0 Å². The van der Waals surface area contributed by atoms with Crippen LogP contribution in [0.25, 0.3) is 0 Å². The Labute approximate surface area is 117 Å². The molecule has 0 unspecified atom stereocenters. The Balaban J connectivity index is 0.000000247. The molecule has 97 valence electrons. The summed E-state index contributed by atoms with van der Waals surface area (Å²) in [6, 6.07) is 11.7. The molecular weight excluding hydrogens is 307 g/mol. The normalized spacial score (nSPS) is 8.47. The van der Waals surface area contributed by atoms with Crippen molar-refractivity contribution in [2.75, 3.05) is 0 Å². The van der Waals surface area contributed by atoms with Crippen molar-refractivity contribution in [2.24, 2.45) is 0 Å². The molecule has 2 heterocycles. The van der Waals surface area contributed by atoms with Crippen molar-refractivity contribution in [3.05, 3.63) is 60.2 Å². The van der Waals surface area contributed by atoms with Gasteiger partial charge in [-0.1, -0.05) is 12.1 Å². The fraction of sp³-hybridized carbons (Fsp3) is 0.167. The third-order valence-corrected chi connectivity index (χ3v) is 1.63. The van der Waals surface area contributed by atoms with Crippen molar-refractivity contribution in [1.82, 2.24) is 9.97 Å². The van der Waals surface area contributed by atoms with E-state index in [1.54, 1.807) is 12.4 Å². The number of rotatable bonds is 0. The predicted molar refractivity (Wildman–Crippen MR) is 69.7 cm³/mol. The minimum atomic E-state index is 0.757. The van der Waals surface area contributed by atoms with Crippen molar-refractivity contribution in [2.45, 2.75) is 13.8 Å². The first-order chi connectivity index (χ1) is 8.20. The van der Waals surface area contributed by atoms with E-state index in [2.05, 4.69) is 30.2 Å². The summed E-state index contributed by atoms with van der Waals surface area (Å²) in [6.45, 7) is 3.94. The van der Waals surface area contributed by atoms with Gasteiger partial charge in [0.05, 0.1) is 0 Å². The molecule has 0 saturated heterocycles. The summed E-state index contributed by atoms with van der Waals surface area (Å²) in [7, 11) is 9.34. The van der Waals surface area contributed by atoms with E-state index >= 15 is 0 Å². The van der Waals surface area contributed by atoms with Crippen molar-refractivity contribution in [1.29, 1.82) is 0 Å². The number of aromatic nitrogens is 2. The van der Waals surface area contributed by atoms with E-state index in [0.717, 1.165) is 24.5 Å². The zero-order valence-corrected chi connectivity index (χ0v) is 12.0. The van der Waals surface area contributed by atoms with Gasteiger partial charge < -0.3 is 0 Å². The van der Waals surface area contributed by atoms with E-state index in [4.69, 9.17) is 0 Å². The van der Waals surface area contributed by atoms with Gasteiger partial charge in [0.15, 0.2) is 0 Å². The van der Waals surface area contributed by atoms with Gasteiger partial charge in [0.1, 0.15) is 0 Å². The summed E-state index contributed by atoms with van der Waals surface area (Å²) in [5, 5.41) is 0. The van der Waals surface area contributed by atoms with Crippen molar-refractivity contribution in [3.63, 3.8) is 0 Å². The first kappa shape index (κ1) is 16.4. The van der Waals surface area contributed by atoms with Crippen molar-refractivity contribution >= 4 is 20.2 Å². The van der Waals surface area contributed by atoms with Crippen LogP contribution in [-0.2, 0) is 13.1 Å². The molecule has 2 rings (SSSR count). The monoisotopic (exact) mass is 319 g/mol. The molecule has 0 fully saturated rings. The third-order valence-electron chi connectivity index (χ3n) is 1.63. The summed E-state index contributed by atoms with van der Waals surface area (Å²) in [5.41, 5.74) is 2.14. The number of hydrogen-bond donors (Lipinski definition) is 0. The maximum atomic E-state index is 4.67. The number of nitrogens with zero attached hydrogens (tertiary/aromatic N) is 2. The van der Waals surface area contributed by atoms with Gasteiger partial charge in [0.2, 0.25) is 0 Å². The Morgan fingerprint density at radius 2 is 1.18 bits per heavy atom. The summed E-state index contributed by atoms with van der Waals surface area (Å²) >= 11 is 0.757. The molecule has 0 aliphatic carbocycles. The van der Waals surface area contributed by atoms with Crippen LogP contribution in [0.4, 0.5) is 0 Å². The van der Waals surface area contributed by atoms with Gasteiger partial charge in [-0.05, 0) is 38.1 Å². The fourth-order valence-electron chi connectivity index (χ4n) is 0.896. The molecule has 0 bridgehead atoms. The van der Waals surface area contributed by atoms with Crippen molar-refractivity contribution in [3.8, 4) is 0 Å². The predicted octanol–water partition coefficient (Wildman–Crippen LogP) is 4.16. The van der Waals surface area contributed by atoms with Crippen LogP contribution < -0.4 is 0 Å². The molecular formula is C12H14Cl2CuN2. The summed E-state index contributed by atoms with van der Waals surface area (Å²) in [6.07, 6.45) is 3.57. The van der Waals surface area contributed by atoms with E-state index in [9.17, 15) is 0 Å². The second-order valence-electron chi connectivity index (χ2n) is 2.99. The van der Waals surface area contributed by atoms with E-state index in [1.807, 2.05) is 50.2 Å². The Morgan fingerprint density at radius 3 is 1.29 bits per heavy atom. The Hall–Kier alpha value is -0.601. The first-order valence-electron chi connectivity index (χ1n) is 4.77. The van der Waals surface area contributed by atoms with Crippen LogP contribution >= 0.6 is 20.2 Å². The van der Waals surface area contributed by atoms with E-state index in [0.29, 0.717) is 0 Å². The average molecular weight is 321 g/mol. The van der Waals surface area contributed by atoms with Crippen LogP contribution in [0.1, 0.15) is 11.4 Å². The molecule has 0 saturated carbocycles. The number of pyridine rings is 2. The van der Waals surface area contributed by atoms with Crippen molar-refractivity contribution < 1.29 is 13.1 Å². The molecule has 0 radical (unpaired) electrons. The van der Waals surface area contributed by atoms with Crippen LogP contribution in [0.3, 0.4) is 0 Å². The standard InChI is InChI=1S/2C6H7N.2ClH.Cu/c2*1-6-4-2-3-5-7-6;;;/h2*2-5H,1H3;2*1H;/q;;;;+2/p-2. The van der Waals surface area contributed by atoms with Crippen LogP contribution in [0.5, 0.6) is 0 Å². The van der Waals surface area contributed by atoms with Crippen LogP contribution in [0.2, 0.25) is 0 Å². The molecule has 0 N–H and O–H groups in total. The maximum absolute atomic E-state index is 4.67. The zero-order valence-electron chi connectivity index (χ0n) is 9.57. The molecule has 0 amide bonds. The molecule has 2 aromatic heterocycles. The topological polar surface area (TPSA) is 25.8 Å². The Kier molecular flexibility index (Phi) is 11.5. The summed E-state index contributed by atoms with van der Waals surface area (Å²) in [4.78, 5) is 7.96. The SMILES string of the molecule is Cc1ccccn1.Cc1ccccn1.[Cl][Cu][Cl]. The molecule has 0 aromatic carbocycles. The number of halogens is 2. The number of aryl methyl sites for hydroxylation is 2. The average Bonchev–Trinajstić information content (AvgIpc) is 2.33. The zero-order chi connectivity index (χ0) is 12.9. The number of hydrogen-bond acceptors (Lipinski definition) is 2. The quantitative estimate of drug-likeness (QED) is 0.681. The minimum absolute atomic E-state index is 0.757. The molecule has 0 aliphatic heterocycles.